The quantitative estimate of drug-likeness (QED) is 0.0175. The van der Waals surface area contributed by atoms with Gasteiger partial charge in [0.2, 0.25) is 5.91 Å². The summed E-state index contributed by atoms with van der Waals surface area (Å²) >= 11 is 0. The van der Waals surface area contributed by atoms with Crippen LogP contribution in [-0.2, 0) is 75.8 Å². The summed E-state index contributed by atoms with van der Waals surface area (Å²) in [5.74, 6) is -2.51. The van der Waals surface area contributed by atoms with Crippen LogP contribution in [-0.4, -0.2) is 181 Å². The number of hydrogen-bond donors (Lipinski definition) is 11. The second kappa shape index (κ2) is 34.1. The van der Waals surface area contributed by atoms with Crippen LogP contribution >= 0.6 is 23.5 Å². The lowest BCUT2D eigenvalue weighted by molar-refractivity contribution is -0.116. The molecule has 0 bridgehead atoms. The number of unbranched alkanes of at least 4 members (excludes halogenated alkanes) is 3. The Morgan fingerprint density at radius 3 is 2.09 bits per heavy atom. The fourth-order valence-electron chi connectivity index (χ4n) is 10.2. The number of aromatic hydroxyl groups is 1. The summed E-state index contributed by atoms with van der Waals surface area (Å²) in [4.78, 5) is 126. The topological polar surface area (TPSA) is 493 Å². The van der Waals surface area contributed by atoms with Crippen molar-refractivity contribution in [3.63, 3.8) is 0 Å². The Bertz CT molecular complexity index is 3910. The SMILES string of the molecule is Nc1ccn([C@H]2CC(O)[C@@H](COP(=O)(O)OCCOCCOCCOP(=O)(O)OC3C[C@H](n4cc(/C=C/C(=O)NCCCCCCNC(=O)c5ccc(C(=O)O)c(C6=C7C=CC(=O)C=C7Cc7cc(O)ccc76)c5)c(=O)[nH]c4=O)O[C@@H]3COP(=O)(O)OCCCO)O2)c(=O)n1. The number of hydrogen-bond acceptors (Lipinski definition) is 25. The predicted molar refractivity (Wildman–Crippen MR) is 331 cm³/mol. The number of nitrogens with one attached hydrogen (secondary N) is 3. The average Bonchev–Trinajstić information content (AvgIpc) is 1.46. The maximum absolute atomic E-state index is 13.4. The zero-order valence-electron chi connectivity index (χ0n) is 50.7. The van der Waals surface area contributed by atoms with Crippen LogP contribution < -0.4 is 33.3 Å². The smallest absolute Gasteiger partial charge is 0.472 e. The highest BCUT2D eigenvalue weighted by molar-refractivity contribution is 7.48. The van der Waals surface area contributed by atoms with E-state index in [0.717, 1.165) is 27.5 Å². The number of phosphoric acid groups is 3. The highest BCUT2D eigenvalue weighted by atomic mass is 31.2. The van der Waals surface area contributed by atoms with Crippen molar-refractivity contribution in [2.24, 2.45) is 0 Å². The van der Waals surface area contributed by atoms with E-state index in [9.17, 15) is 77.3 Å². The lowest BCUT2D eigenvalue weighted by Crippen LogP contribution is -2.33. The van der Waals surface area contributed by atoms with Crippen LogP contribution in [0.1, 0.15) is 100 Å². The third-order valence-corrected chi connectivity index (χ3v) is 17.8. The first-order chi connectivity index (χ1) is 45.3. The summed E-state index contributed by atoms with van der Waals surface area (Å²) in [6.07, 6.45) is 3.74. The number of anilines is 1. The zero-order valence-corrected chi connectivity index (χ0v) is 53.4. The molecular formula is C58H72N7O27P3. The number of H-pyrrole nitrogens is 1. The number of nitrogens with zero attached hydrogens (tertiary/aromatic N) is 3. The van der Waals surface area contributed by atoms with Gasteiger partial charge < -0.3 is 70.4 Å². The first-order valence-corrected chi connectivity index (χ1v) is 34.2. The van der Waals surface area contributed by atoms with Crippen LogP contribution in [0.15, 0.2) is 105 Å². The van der Waals surface area contributed by atoms with Gasteiger partial charge in [0, 0.05) is 56.6 Å². The van der Waals surface area contributed by atoms with Crippen molar-refractivity contribution in [1.29, 1.82) is 0 Å². The molecule has 37 heteroatoms. The number of phenols is 1. The van der Waals surface area contributed by atoms with Gasteiger partial charge in [0.15, 0.2) is 5.78 Å². The Morgan fingerprint density at radius 2 is 1.40 bits per heavy atom. The van der Waals surface area contributed by atoms with Crippen LogP contribution in [0.3, 0.4) is 0 Å². The van der Waals surface area contributed by atoms with Crippen LogP contribution in [0, 0.1) is 0 Å². The van der Waals surface area contributed by atoms with Crippen molar-refractivity contribution in [1.82, 2.24) is 29.7 Å². The average molecular weight is 1390 g/mol. The van der Waals surface area contributed by atoms with E-state index in [4.69, 9.17) is 56.9 Å². The van der Waals surface area contributed by atoms with Crippen LogP contribution in [0.25, 0.3) is 11.6 Å². The molecule has 2 saturated heterocycles. The molecule has 516 valence electrons. The molecule has 0 spiro atoms. The third kappa shape index (κ3) is 21.4. The highest BCUT2D eigenvalue weighted by Crippen LogP contribution is 2.50. The molecule has 0 radical (unpaired) electrons. The zero-order chi connectivity index (χ0) is 68.5. The number of benzene rings is 2. The number of phosphoric ester groups is 3. The van der Waals surface area contributed by atoms with Gasteiger partial charge in [-0.25, -0.2) is 28.1 Å². The molecule has 34 nitrogen and oxygen atoms in total. The summed E-state index contributed by atoms with van der Waals surface area (Å²) in [6.45, 7) is -3.25. The number of carbonyl (C=O) groups is 4. The van der Waals surface area contributed by atoms with Crippen molar-refractivity contribution in [2.45, 2.75) is 88.2 Å². The summed E-state index contributed by atoms with van der Waals surface area (Å²) < 4.78 is 92.5. The molecule has 2 fully saturated rings. The van der Waals surface area contributed by atoms with Gasteiger partial charge in [-0.3, -0.25) is 60.4 Å². The van der Waals surface area contributed by atoms with Gasteiger partial charge in [-0.15, -0.1) is 0 Å². The Hall–Kier alpha value is -7.27. The van der Waals surface area contributed by atoms with Gasteiger partial charge in [0.25, 0.3) is 11.5 Å². The number of carboxylic acid groups (broad SMARTS) is 1. The first kappa shape index (κ1) is 73.5. The lowest BCUT2D eigenvalue weighted by Gasteiger charge is -2.27. The van der Waals surface area contributed by atoms with E-state index in [1.54, 1.807) is 18.2 Å². The molecule has 9 atom stereocenters. The summed E-state index contributed by atoms with van der Waals surface area (Å²) in [6, 6.07) is 10.3. The van der Waals surface area contributed by atoms with Gasteiger partial charge in [0.1, 0.15) is 42.3 Å². The largest absolute Gasteiger partial charge is 0.508 e. The molecule has 95 heavy (non-hydrogen) atoms. The second-order valence-electron chi connectivity index (χ2n) is 21.6. The van der Waals surface area contributed by atoms with Crippen molar-refractivity contribution >= 4 is 64.5 Å². The molecule has 0 saturated carbocycles. The third-order valence-electron chi connectivity index (χ3n) is 14.8. The molecule has 4 heterocycles. The van der Waals surface area contributed by atoms with Gasteiger partial charge in [0.05, 0.1) is 76.7 Å². The van der Waals surface area contributed by atoms with Crippen LogP contribution in [0.5, 0.6) is 5.75 Å². The van der Waals surface area contributed by atoms with E-state index in [1.165, 1.54) is 48.7 Å². The van der Waals surface area contributed by atoms with E-state index in [-0.39, 0.29) is 105 Å². The number of ether oxygens (including phenoxy) is 4. The number of aromatic amines is 1. The minimum absolute atomic E-state index is 0.00259. The number of allylic oxidation sites excluding steroid dienone is 5. The van der Waals surface area contributed by atoms with Crippen LogP contribution in [0.4, 0.5) is 5.82 Å². The Morgan fingerprint density at radius 1 is 0.747 bits per heavy atom. The molecule has 5 unspecified atom stereocenters. The maximum atomic E-state index is 13.4. The number of fused-ring (bicyclic) bond motifs is 2. The van der Waals surface area contributed by atoms with Gasteiger partial charge in [-0.05, 0) is 114 Å². The van der Waals surface area contributed by atoms with E-state index < -0.39 is 128 Å². The van der Waals surface area contributed by atoms with Gasteiger partial charge in [-0.1, -0.05) is 25.0 Å². The normalized spacial score (nSPS) is 21.2. The second-order valence-corrected chi connectivity index (χ2v) is 25.9. The minimum atomic E-state index is -5.02. The fraction of sp³-hybridized carbons (Fsp3) is 0.448. The van der Waals surface area contributed by atoms with E-state index >= 15 is 0 Å². The number of aliphatic hydroxyl groups is 2. The van der Waals surface area contributed by atoms with Crippen molar-refractivity contribution < 1.29 is 114 Å². The molecule has 12 N–H and O–H groups in total. The van der Waals surface area contributed by atoms with Crippen LogP contribution in [0.2, 0.25) is 0 Å². The predicted octanol–water partition coefficient (Wildman–Crippen LogP) is 2.44. The molecule has 2 aromatic carbocycles. The van der Waals surface area contributed by atoms with Crippen molar-refractivity contribution in [3.05, 3.63) is 155 Å². The van der Waals surface area contributed by atoms with E-state index in [2.05, 4.69) is 20.6 Å². The number of aromatic carboxylic acids is 1. The molecule has 2 aliphatic heterocycles. The van der Waals surface area contributed by atoms with E-state index in [1.807, 2.05) is 0 Å². The number of ketones is 1. The standard InChI is InChI=1S/C58H72N7O27P3/c59-49-14-17-64(57(75)62-49)51-30-45(69)47(90-51)33-88-94(79,80)86-24-22-83-20-21-84-23-25-87-95(81,82)92-46-31-52(91-48(46)34-89-93(77,78)85-19-5-18-66)65-32-36(55(72)63-58(65)76)7-13-50(70)60-15-3-1-2-4-16-61-54(71)35-6-10-43(56(73)74)44(29-35)53-41-11-8-39(67)27-37(41)26-38-28-40(68)9-12-42(38)53/h6-14,17,27-29,32,45-48,51-52,66-67,69H,1-5,15-16,18-26,30-31,33-34H2,(H,60,70)(H,61,71)(H,73,74)(H,77,78)(H,79,80)(H,81,82)(H2,59,62,75)(H,63,72,76)/b13-7+/t45?,46?,47-,48-,51-,52-/m1/s1. The Labute approximate surface area is 540 Å². The molecule has 2 aliphatic carbocycles. The number of aliphatic hydroxyl groups excluding tert-OH is 2. The fourth-order valence-corrected chi connectivity index (χ4v) is 12.7. The molecule has 4 aliphatic rings. The number of aromatic nitrogens is 4. The molecule has 4 aromatic rings. The van der Waals surface area contributed by atoms with E-state index in [0.29, 0.717) is 60.0 Å². The number of phenolic OH excluding ortho intramolecular Hbond substituents is 1. The Balaban J connectivity index is 0.751. The number of carboxylic acids is 1. The first-order valence-electron chi connectivity index (χ1n) is 29.8. The monoisotopic (exact) mass is 1390 g/mol. The number of rotatable bonds is 37. The van der Waals surface area contributed by atoms with Crippen molar-refractivity contribution in [3.8, 4) is 5.75 Å². The number of nitrogens with two attached hydrogens (primary N) is 1. The summed E-state index contributed by atoms with van der Waals surface area (Å²) in [7, 11) is -14.5. The molecule has 2 aromatic heterocycles. The number of nitrogen functional groups attached to an aromatic ring is 1. The summed E-state index contributed by atoms with van der Waals surface area (Å²) in [5.41, 5.74) is 6.19. The number of amides is 2. The number of carbonyl (C=O) groups excluding carboxylic acids is 3. The van der Waals surface area contributed by atoms with Crippen molar-refractivity contribution in [2.75, 3.05) is 84.9 Å². The molecule has 8 rings (SSSR count). The van der Waals surface area contributed by atoms with Gasteiger partial charge in [-0.2, -0.15) is 4.98 Å². The lowest BCUT2D eigenvalue weighted by atomic mass is 9.76. The maximum Gasteiger partial charge on any atom is 0.472 e. The van der Waals surface area contributed by atoms with Gasteiger partial charge >= 0.3 is 40.8 Å². The Kier molecular flexibility index (Phi) is 26.4. The highest BCUT2D eigenvalue weighted by Gasteiger charge is 2.44. The molecular weight excluding hydrogens is 1320 g/mol. The molecule has 2 amide bonds. The summed E-state index contributed by atoms with van der Waals surface area (Å²) in [5, 5.41) is 45.4. The minimum Gasteiger partial charge on any atom is -0.508 e.